The third-order valence-electron chi connectivity index (χ3n) is 6.00. The van der Waals surface area contributed by atoms with Crippen LogP contribution in [0.25, 0.3) is 16.7 Å². The number of aliphatic hydroxyl groups excluding tert-OH is 1. The summed E-state index contributed by atoms with van der Waals surface area (Å²) in [5.41, 5.74) is 2.97. The van der Waals surface area contributed by atoms with Gasteiger partial charge < -0.3 is 19.7 Å². The maximum Gasteiger partial charge on any atom is 0.295 e. The molecule has 0 radical (unpaired) electrons. The second kappa shape index (κ2) is 8.86. The van der Waals surface area contributed by atoms with Crippen LogP contribution in [0.1, 0.15) is 29.7 Å². The fraction of sp³-hybridized carbons (Fsp3) is 0.148. The average Bonchev–Trinajstić information content (AvgIpc) is 3.39. The van der Waals surface area contributed by atoms with Crippen LogP contribution in [-0.2, 0) is 16.1 Å². The third-order valence-corrected chi connectivity index (χ3v) is 6.00. The molecule has 7 heteroatoms. The van der Waals surface area contributed by atoms with E-state index in [1.807, 2.05) is 31.2 Å². The number of rotatable bonds is 6. The van der Waals surface area contributed by atoms with Crippen LogP contribution in [0.3, 0.4) is 0 Å². The average molecular weight is 453 g/mol. The molecule has 2 aromatic carbocycles. The van der Waals surface area contributed by atoms with E-state index in [9.17, 15) is 14.7 Å². The van der Waals surface area contributed by atoms with Crippen molar-refractivity contribution in [1.82, 2.24) is 14.9 Å². The summed E-state index contributed by atoms with van der Waals surface area (Å²) >= 11 is 0. The second-order valence-electron chi connectivity index (χ2n) is 8.03. The molecule has 7 nitrogen and oxygen atoms in total. The van der Waals surface area contributed by atoms with Crippen molar-refractivity contribution in [3.63, 3.8) is 0 Å². The van der Waals surface area contributed by atoms with Gasteiger partial charge in [-0.25, -0.2) is 0 Å². The quantitative estimate of drug-likeness (QED) is 0.253. The largest absolute Gasteiger partial charge is 0.507 e. The van der Waals surface area contributed by atoms with Crippen LogP contribution in [0.4, 0.5) is 0 Å². The van der Waals surface area contributed by atoms with Gasteiger partial charge >= 0.3 is 0 Å². The molecule has 3 heterocycles. The highest BCUT2D eigenvalue weighted by Gasteiger charge is 2.46. The molecular formula is C27H23N3O4. The number of hydrogen-bond acceptors (Lipinski definition) is 5. The van der Waals surface area contributed by atoms with Crippen molar-refractivity contribution < 1.29 is 19.4 Å². The lowest BCUT2D eigenvalue weighted by Gasteiger charge is -2.25. The fourth-order valence-corrected chi connectivity index (χ4v) is 4.40. The minimum atomic E-state index is -0.754. The number of aromatic amines is 1. The molecule has 4 aromatic rings. The smallest absolute Gasteiger partial charge is 0.295 e. The molecule has 1 aliphatic heterocycles. The number of H-pyrrole nitrogens is 1. The van der Waals surface area contributed by atoms with Crippen LogP contribution in [-0.4, -0.2) is 38.3 Å². The number of fused-ring (bicyclic) bond motifs is 1. The summed E-state index contributed by atoms with van der Waals surface area (Å²) < 4.78 is 5.48. The first kappa shape index (κ1) is 21.5. The molecule has 1 saturated heterocycles. The number of carbonyl (C=O) groups is 2. The number of pyridine rings is 1. The van der Waals surface area contributed by atoms with Gasteiger partial charge in [-0.15, -0.1) is 0 Å². The molecule has 2 N–H and O–H groups in total. The molecule has 0 spiro atoms. The number of carbonyl (C=O) groups excluding carboxylic acids is 2. The zero-order valence-electron chi connectivity index (χ0n) is 18.6. The zero-order chi connectivity index (χ0) is 23.7. The maximum atomic E-state index is 13.3. The minimum absolute atomic E-state index is 0.0629. The zero-order valence-corrected chi connectivity index (χ0v) is 18.6. The van der Waals surface area contributed by atoms with Crippen LogP contribution in [0.2, 0.25) is 0 Å². The number of aromatic nitrogens is 2. The highest BCUT2D eigenvalue weighted by Crippen LogP contribution is 2.42. The predicted molar refractivity (Wildman–Crippen MR) is 128 cm³/mol. The Labute approximate surface area is 196 Å². The Morgan fingerprint density at radius 1 is 1.06 bits per heavy atom. The number of ketones is 1. The first-order valence-electron chi connectivity index (χ1n) is 11.0. The molecule has 2 aromatic heterocycles. The Morgan fingerprint density at radius 2 is 1.79 bits per heavy atom. The number of nitrogens with one attached hydrogen (secondary N) is 1. The van der Waals surface area contributed by atoms with Crippen LogP contribution in [0, 0.1) is 0 Å². The van der Waals surface area contributed by atoms with E-state index < -0.39 is 17.7 Å². The van der Waals surface area contributed by atoms with Crippen LogP contribution >= 0.6 is 0 Å². The van der Waals surface area contributed by atoms with Gasteiger partial charge in [-0.3, -0.25) is 14.6 Å². The monoisotopic (exact) mass is 453 g/mol. The van der Waals surface area contributed by atoms with Gasteiger partial charge in [0.05, 0.1) is 18.2 Å². The lowest BCUT2D eigenvalue weighted by Crippen LogP contribution is -2.29. The van der Waals surface area contributed by atoms with Crippen molar-refractivity contribution in [2.24, 2.45) is 0 Å². The number of benzene rings is 2. The summed E-state index contributed by atoms with van der Waals surface area (Å²) in [6.07, 6.45) is 5.09. The van der Waals surface area contributed by atoms with Gasteiger partial charge in [0.2, 0.25) is 0 Å². The van der Waals surface area contributed by atoms with E-state index in [1.54, 1.807) is 55.0 Å². The van der Waals surface area contributed by atoms with E-state index in [-0.39, 0.29) is 17.9 Å². The molecule has 1 fully saturated rings. The summed E-state index contributed by atoms with van der Waals surface area (Å²) in [4.78, 5) is 35.3. The topological polar surface area (TPSA) is 95.5 Å². The number of nitrogens with zero attached hydrogens (tertiary/aromatic N) is 2. The third kappa shape index (κ3) is 3.71. The van der Waals surface area contributed by atoms with Gasteiger partial charge in [-0.1, -0.05) is 18.2 Å². The van der Waals surface area contributed by atoms with Crippen molar-refractivity contribution in [1.29, 1.82) is 0 Å². The summed E-state index contributed by atoms with van der Waals surface area (Å²) in [5, 5.41) is 12.2. The Hall–Kier alpha value is -4.39. The molecule has 0 saturated carbocycles. The molecule has 170 valence electrons. The molecule has 1 aliphatic rings. The Balaban J connectivity index is 1.66. The number of amides is 1. The molecule has 1 amide bonds. The maximum absolute atomic E-state index is 13.3. The van der Waals surface area contributed by atoms with E-state index in [1.165, 1.54) is 4.90 Å². The highest BCUT2D eigenvalue weighted by molar-refractivity contribution is 6.46. The predicted octanol–water partition coefficient (Wildman–Crippen LogP) is 4.58. The van der Waals surface area contributed by atoms with E-state index in [2.05, 4.69) is 9.97 Å². The summed E-state index contributed by atoms with van der Waals surface area (Å²) in [6.45, 7) is 2.61. The lowest BCUT2D eigenvalue weighted by atomic mass is 9.95. The first-order valence-corrected chi connectivity index (χ1v) is 11.0. The van der Waals surface area contributed by atoms with Gasteiger partial charge in [0, 0.05) is 47.2 Å². The molecule has 0 bridgehead atoms. The lowest BCUT2D eigenvalue weighted by molar-refractivity contribution is -0.140. The normalized spacial score (nSPS) is 17.4. The van der Waals surface area contributed by atoms with Crippen molar-refractivity contribution in [3.05, 3.63) is 102 Å². The van der Waals surface area contributed by atoms with E-state index >= 15 is 0 Å². The second-order valence-corrected chi connectivity index (χ2v) is 8.03. The summed E-state index contributed by atoms with van der Waals surface area (Å²) in [7, 11) is 0. The molecular weight excluding hydrogens is 430 g/mol. The fourth-order valence-electron chi connectivity index (χ4n) is 4.40. The molecule has 0 aliphatic carbocycles. The Kier molecular flexibility index (Phi) is 5.59. The van der Waals surface area contributed by atoms with Crippen molar-refractivity contribution in [3.8, 4) is 5.75 Å². The van der Waals surface area contributed by atoms with Gasteiger partial charge in [0.25, 0.3) is 11.7 Å². The summed E-state index contributed by atoms with van der Waals surface area (Å²) in [5.74, 6) is -0.922. The molecule has 1 unspecified atom stereocenters. The number of ether oxygens (including phenoxy) is 1. The van der Waals surface area contributed by atoms with Crippen LogP contribution in [0.15, 0.2) is 84.8 Å². The van der Waals surface area contributed by atoms with E-state index in [0.717, 1.165) is 22.0 Å². The van der Waals surface area contributed by atoms with Gasteiger partial charge in [0.1, 0.15) is 11.5 Å². The van der Waals surface area contributed by atoms with Gasteiger partial charge in [-0.05, 0) is 55.0 Å². The molecule has 34 heavy (non-hydrogen) atoms. The number of aliphatic hydroxyl groups is 1. The van der Waals surface area contributed by atoms with E-state index in [4.69, 9.17) is 4.74 Å². The van der Waals surface area contributed by atoms with Crippen molar-refractivity contribution in [2.75, 3.05) is 6.61 Å². The van der Waals surface area contributed by atoms with Gasteiger partial charge in [-0.2, -0.15) is 0 Å². The number of para-hydroxylation sites is 1. The number of Topliss-reactive ketones (excluding diaryl/α,β-unsaturated/α-hetero) is 1. The van der Waals surface area contributed by atoms with Crippen LogP contribution in [0.5, 0.6) is 5.75 Å². The van der Waals surface area contributed by atoms with Crippen LogP contribution < -0.4 is 4.74 Å². The standard InChI is InChI=1S/C27H23N3O4/c1-2-34-19-9-7-18(8-10-19)25(31)23-24(21-15-29-22-6-4-3-5-20(21)22)30(27(33)26(23)32)16-17-11-13-28-14-12-17/h3-15,24,29,31H,2,16H2,1H3/b25-23+. The van der Waals surface area contributed by atoms with Crippen molar-refractivity contribution in [2.45, 2.75) is 19.5 Å². The number of likely N-dealkylation sites (tertiary alicyclic amines) is 1. The Bertz CT molecular complexity index is 1390. The number of hydrogen-bond donors (Lipinski definition) is 2. The Morgan fingerprint density at radius 3 is 2.53 bits per heavy atom. The van der Waals surface area contributed by atoms with E-state index in [0.29, 0.717) is 17.9 Å². The van der Waals surface area contributed by atoms with Crippen molar-refractivity contribution >= 4 is 28.4 Å². The molecule has 1 atom stereocenters. The highest BCUT2D eigenvalue weighted by atomic mass is 16.5. The van der Waals surface area contributed by atoms with Gasteiger partial charge in [0.15, 0.2) is 0 Å². The minimum Gasteiger partial charge on any atom is -0.507 e. The molecule has 5 rings (SSSR count). The SMILES string of the molecule is CCOc1ccc(/C(O)=C2\C(=O)C(=O)N(Cc3ccncc3)C2c2c[nH]c3ccccc23)cc1. The summed E-state index contributed by atoms with van der Waals surface area (Å²) in [6, 6.07) is 17.4. The first-order chi connectivity index (χ1) is 16.6.